The third-order valence-electron chi connectivity index (χ3n) is 6.66. The van der Waals surface area contributed by atoms with Crippen molar-refractivity contribution >= 4 is 33.5 Å². The molecule has 4 nitrogen and oxygen atoms in total. The zero-order valence-electron chi connectivity index (χ0n) is 17.1. The van der Waals surface area contributed by atoms with Crippen LogP contribution in [-0.2, 0) is 22.4 Å². The standard InChI is InChI=1S/C18H16.C8H12O4/c1-3-7-15-13(5-1)9-11-18-16-8-4-2-6-14(16)10-12-17(15)18;9-7(10)5-3-1-2-4-6(5)8(11)12/h1,3,5,7,9-12H,2,4,6,8H2;5-6H,1-4H2,(H,9,10)(H,11,12). The van der Waals surface area contributed by atoms with Crippen LogP contribution in [0.4, 0.5) is 0 Å². The Hall–Kier alpha value is -2.88. The van der Waals surface area contributed by atoms with Gasteiger partial charge >= 0.3 is 11.9 Å². The molecule has 2 atom stereocenters. The van der Waals surface area contributed by atoms with Gasteiger partial charge in [-0.25, -0.2) is 0 Å². The SMILES string of the molecule is O=C(O)C1CCCCC1C(=O)O.c1ccc2c(c1)ccc1c3c(ccc12)CCCC3. The van der Waals surface area contributed by atoms with Crippen molar-refractivity contribution in [3.63, 3.8) is 0 Å². The molecular formula is C26H28O4. The molecule has 0 aromatic heterocycles. The van der Waals surface area contributed by atoms with E-state index in [1.807, 2.05) is 0 Å². The second-order valence-corrected chi connectivity index (χ2v) is 8.47. The van der Waals surface area contributed by atoms with Gasteiger partial charge in [0.25, 0.3) is 0 Å². The molecule has 156 valence electrons. The molecule has 2 unspecified atom stereocenters. The molecule has 5 rings (SSSR count). The maximum absolute atomic E-state index is 10.6. The molecule has 0 radical (unpaired) electrons. The van der Waals surface area contributed by atoms with Gasteiger partial charge in [-0.2, -0.15) is 0 Å². The predicted molar refractivity (Wildman–Crippen MR) is 119 cm³/mol. The lowest BCUT2D eigenvalue weighted by atomic mass is 9.79. The van der Waals surface area contributed by atoms with E-state index < -0.39 is 23.8 Å². The van der Waals surface area contributed by atoms with Gasteiger partial charge in [-0.1, -0.05) is 61.4 Å². The molecule has 2 aliphatic carbocycles. The van der Waals surface area contributed by atoms with E-state index in [2.05, 4.69) is 48.5 Å². The Morgan fingerprint density at radius 3 is 2.00 bits per heavy atom. The number of aryl methyl sites for hydroxylation is 2. The molecule has 0 saturated heterocycles. The summed E-state index contributed by atoms with van der Waals surface area (Å²) in [7, 11) is 0. The quantitative estimate of drug-likeness (QED) is 0.527. The summed E-state index contributed by atoms with van der Waals surface area (Å²) in [5, 5.41) is 23.0. The van der Waals surface area contributed by atoms with E-state index in [0.717, 1.165) is 12.8 Å². The van der Waals surface area contributed by atoms with Crippen LogP contribution < -0.4 is 0 Å². The minimum atomic E-state index is -0.970. The summed E-state index contributed by atoms with van der Waals surface area (Å²) in [6.45, 7) is 0. The summed E-state index contributed by atoms with van der Waals surface area (Å²) in [5.74, 6) is -3.28. The van der Waals surface area contributed by atoms with Gasteiger partial charge in [-0.05, 0) is 71.2 Å². The van der Waals surface area contributed by atoms with Gasteiger partial charge < -0.3 is 10.2 Å². The molecule has 0 aliphatic heterocycles. The van der Waals surface area contributed by atoms with Crippen LogP contribution in [0.2, 0.25) is 0 Å². The molecule has 1 fully saturated rings. The number of hydrogen-bond acceptors (Lipinski definition) is 2. The number of rotatable bonds is 2. The van der Waals surface area contributed by atoms with Gasteiger partial charge in [0.2, 0.25) is 0 Å². The molecule has 3 aromatic carbocycles. The van der Waals surface area contributed by atoms with Crippen LogP contribution in [-0.4, -0.2) is 22.2 Å². The average Bonchev–Trinajstić information content (AvgIpc) is 2.79. The zero-order chi connectivity index (χ0) is 21.1. The molecule has 2 aliphatic rings. The van der Waals surface area contributed by atoms with Gasteiger partial charge in [0.15, 0.2) is 0 Å². The maximum atomic E-state index is 10.6. The lowest BCUT2D eigenvalue weighted by Gasteiger charge is -2.24. The van der Waals surface area contributed by atoms with Crippen LogP contribution in [0.15, 0.2) is 48.5 Å². The minimum Gasteiger partial charge on any atom is -0.481 e. The van der Waals surface area contributed by atoms with Crippen molar-refractivity contribution in [3.05, 3.63) is 59.7 Å². The average molecular weight is 405 g/mol. The number of benzene rings is 3. The Labute approximate surface area is 176 Å². The highest BCUT2D eigenvalue weighted by Gasteiger charge is 2.35. The van der Waals surface area contributed by atoms with Crippen LogP contribution in [0.25, 0.3) is 21.5 Å². The molecular weight excluding hydrogens is 376 g/mol. The number of carbonyl (C=O) groups is 2. The number of aliphatic carboxylic acids is 2. The summed E-state index contributed by atoms with van der Waals surface area (Å²) in [6.07, 6.45) is 7.90. The topological polar surface area (TPSA) is 74.6 Å². The zero-order valence-corrected chi connectivity index (χ0v) is 17.1. The molecule has 1 saturated carbocycles. The molecule has 0 spiro atoms. The number of carboxylic acids is 2. The molecule has 2 N–H and O–H groups in total. The highest BCUT2D eigenvalue weighted by molar-refractivity contribution is 6.08. The van der Waals surface area contributed by atoms with Crippen LogP contribution in [0.1, 0.15) is 49.7 Å². The van der Waals surface area contributed by atoms with E-state index in [0.29, 0.717) is 12.8 Å². The van der Waals surface area contributed by atoms with E-state index >= 15 is 0 Å². The molecule has 4 heteroatoms. The first-order chi connectivity index (χ1) is 14.6. The summed E-state index contributed by atoms with van der Waals surface area (Å²) in [6, 6.07) is 18.0. The third kappa shape index (κ3) is 4.04. The van der Waals surface area contributed by atoms with Crippen molar-refractivity contribution in [2.24, 2.45) is 11.8 Å². The first-order valence-electron chi connectivity index (χ1n) is 10.9. The third-order valence-corrected chi connectivity index (χ3v) is 6.66. The monoisotopic (exact) mass is 404 g/mol. The highest BCUT2D eigenvalue weighted by Crippen LogP contribution is 2.33. The largest absolute Gasteiger partial charge is 0.481 e. The van der Waals surface area contributed by atoms with Gasteiger partial charge in [-0.15, -0.1) is 0 Å². The van der Waals surface area contributed by atoms with Gasteiger partial charge in [0, 0.05) is 0 Å². The van der Waals surface area contributed by atoms with E-state index in [-0.39, 0.29) is 0 Å². The molecule has 0 bridgehead atoms. The van der Waals surface area contributed by atoms with Crippen LogP contribution in [0.5, 0.6) is 0 Å². The second kappa shape index (κ2) is 8.86. The molecule has 3 aromatic rings. The van der Waals surface area contributed by atoms with Crippen molar-refractivity contribution in [2.45, 2.75) is 51.4 Å². The van der Waals surface area contributed by atoms with E-state index in [1.54, 1.807) is 11.1 Å². The second-order valence-electron chi connectivity index (χ2n) is 8.47. The summed E-state index contributed by atoms with van der Waals surface area (Å²) >= 11 is 0. The van der Waals surface area contributed by atoms with Crippen molar-refractivity contribution in [1.29, 1.82) is 0 Å². The van der Waals surface area contributed by atoms with Gasteiger partial charge in [0.1, 0.15) is 0 Å². The highest BCUT2D eigenvalue weighted by atomic mass is 16.4. The van der Waals surface area contributed by atoms with Crippen LogP contribution >= 0.6 is 0 Å². The smallest absolute Gasteiger partial charge is 0.307 e. The fraction of sp³-hybridized carbons (Fsp3) is 0.385. The Morgan fingerprint density at radius 2 is 1.30 bits per heavy atom. The van der Waals surface area contributed by atoms with Gasteiger partial charge in [0.05, 0.1) is 11.8 Å². The summed E-state index contributed by atoms with van der Waals surface area (Å²) in [5.41, 5.74) is 3.17. The molecule has 30 heavy (non-hydrogen) atoms. The lowest BCUT2D eigenvalue weighted by molar-refractivity contribution is -0.155. The Balaban J connectivity index is 0.000000159. The Bertz CT molecular complexity index is 1060. The lowest BCUT2D eigenvalue weighted by Crippen LogP contribution is -2.32. The van der Waals surface area contributed by atoms with Gasteiger partial charge in [-0.3, -0.25) is 9.59 Å². The fourth-order valence-electron chi connectivity index (χ4n) is 5.06. The molecule has 0 amide bonds. The van der Waals surface area contributed by atoms with E-state index in [4.69, 9.17) is 10.2 Å². The predicted octanol–water partition coefficient (Wildman–Crippen LogP) is 5.83. The van der Waals surface area contributed by atoms with Crippen molar-refractivity contribution in [2.75, 3.05) is 0 Å². The molecule has 0 heterocycles. The summed E-state index contributed by atoms with van der Waals surface area (Å²) in [4.78, 5) is 21.2. The normalized spacial score (nSPS) is 20.8. The summed E-state index contributed by atoms with van der Waals surface area (Å²) < 4.78 is 0. The number of fused-ring (bicyclic) bond motifs is 5. The first-order valence-corrected chi connectivity index (χ1v) is 10.9. The fourth-order valence-corrected chi connectivity index (χ4v) is 5.06. The van der Waals surface area contributed by atoms with E-state index in [1.165, 1.54) is 47.2 Å². The minimum absolute atomic E-state index is 0.506. The Morgan fingerprint density at radius 1 is 0.667 bits per heavy atom. The number of hydrogen-bond donors (Lipinski definition) is 2. The van der Waals surface area contributed by atoms with Crippen LogP contribution in [0.3, 0.4) is 0 Å². The van der Waals surface area contributed by atoms with Crippen molar-refractivity contribution in [1.82, 2.24) is 0 Å². The Kier molecular flexibility index (Phi) is 6.03. The van der Waals surface area contributed by atoms with Crippen molar-refractivity contribution < 1.29 is 19.8 Å². The van der Waals surface area contributed by atoms with Crippen LogP contribution in [0, 0.1) is 11.8 Å². The van der Waals surface area contributed by atoms with Crippen molar-refractivity contribution in [3.8, 4) is 0 Å². The number of carboxylic acid groups (broad SMARTS) is 2. The van der Waals surface area contributed by atoms with E-state index in [9.17, 15) is 9.59 Å². The first kappa shape index (κ1) is 20.4. The maximum Gasteiger partial charge on any atom is 0.307 e.